The van der Waals surface area contributed by atoms with E-state index >= 15 is 0 Å². The average molecular weight is 253 g/mol. The molecule has 100 valence electrons. The number of hydrogen-bond acceptors (Lipinski definition) is 3. The van der Waals surface area contributed by atoms with Crippen molar-refractivity contribution < 1.29 is 14.2 Å². The van der Waals surface area contributed by atoms with Gasteiger partial charge in [0.05, 0.1) is 11.8 Å². The summed E-state index contributed by atoms with van der Waals surface area (Å²) in [7, 11) is 0. The van der Waals surface area contributed by atoms with Crippen molar-refractivity contribution in [1.82, 2.24) is 4.98 Å². The van der Waals surface area contributed by atoms with E-state index in [4.69, 9.17) is 4.74 Å². The summed E-state index contributed by atoms with van der Waals surface area (Å²) in [5, 5.41) is 10.5. The van der Waals surface area contributed by atoms with E-state index in [2.05, 4.69) is 4.98 Å². The maximum atomic E-state index is 13.2. The second-order valence-corrected chi connectivity index (χ2v) is 4.90. The maximum Gasteiger partial charge on any atom is 0.141 e. The Kier molecular flexibility index (Phi) is 4.30. The summed E-state index contributed by atoms with van der Waals surface area (Å²) in [6.07, 6.45) is 6.74. The molecule has 1 N–H and O–H groups in total. The Morgan fingerprint density at radius 1 is 1.39 bits per heavy atom. The molecule has 2 rings (SSSR count). The minimum absolute atomic E-state index is 0.422. The van der Waals surface area contributed by atoms with Crippen molar-refractivity contribution in [3.63, 3.8) is 0 Å². The maximum absolute atomic E-state index is 13.2. The molecule has 0 saturated heterocycles. The summed E-state index contributed by atoms with van der Waals surface area (Å²) in [6, 6.07) is 1.34. The molecule has 3 nitrogen and oxygen atoms in total. The summed E-state index contributed by atoms with van der Waals surface area (Å²) >= 11 is 0. The van der Waals surface area contributed by atoms with Crippen LogP contribution in [0.3, 0.4) is 0 Å². The third kappa shape index (κ3) is 2.70. The van der Waals surface area contributed by atoms with Crippen LogP contribution in [0.15, 0.2) is 18.5 Å². The summed E-state index contributed by atoms with van der Waals surface area (Å²) in [5.41, 5.74) is -0.0620. The Morgan fingerprint density at radius 2 is 2.11 bits per heavy atom. The molecule has 1 saturated carbocycles. The Bertz CT molecular complexity index is 386. The molecule has 0 aromatic carbocycles. The van der Waals surface area contributed by atoms with Crippen molar-refractivity contribution >= 4 is 0 Å². The molecule has 1 aliphatic rings. The van der Waals surface area contributed by atoms with Crippen LogP contribution in [-0.4, -0.2) is 22.3 Å². The highest BCUT2D eigenvalue weighted by Crippen LogP contribution is 2.41. The quantitative estimate of drug-likeness (QED) is 0.897. The molecular weight excluding hydrogens is 233 g/mol. The lowest BCUT2D eigenvalue weighted by Crippen LogP contribution is -2.41. The first-order valence-electron chi connectivity index (χ1n) is 6.60. The molecule has 1 fully saturated rings. The molecule has 1 atom stereocenters. The highest BCUT2D eigenvalue weighted by atomic mass is 19.1. The molecule has 0 spiro atoms. The lowest BCUT2D eigenvalue weighted by molar-refractivity contribution is -0.142. The minimum Gasteiger partial charge on any atom is -0.385 e. The first-order chi connectivity index (χ1) is 8.68. The zero-order chi connectivity index (χ0) is 13.0. The molecule has 1 heterocycles. The second-order valence-electron chi connectivity index (χ2n) is 4.90. The third-order valence-corrected chi connectivity index (χ3v) is 3.67. The Hall–Kier alpha value is -1.00. The van der Waals surface area contributed by atoms with Crippen molar-refractivity contribution in [1.29, 1.82) is 0 Å². The van der Waals surface area contributed by atoms with Gasteiger partial charge in [0.2, 0.25) is 0 Å². The van der Waals surface area contributed by atoms with Crippen LogP contribution < -0.4 is 0 Å². The Balaban J connectivity index is 2.24. The van der Waals surface area contributed by atoms with E-state index in [1.54, 1.807) is 0 Å². The van der Waals surface area contributed by atoms with E-state index in [9.17, 15) is 9.50 Å². The molecule has 1 unspecified atom stereocenters. The van der Waals surface area contributed by atoms with E-state index in [0.29, 0.717) is 12.2 Å². The average Bonchev–Trinajstić information content (AvgIpc) is 2.39. The highest BCUT2D eigenvalue weighted by molar-refractivity contribution is 5.17. The number of aromatic nitrogens is 1. The molecule has 0 radical (unpaired) electrons. The van der Waals surface area contributed by atoms with Gasteiger partial charge in [0, 0.05) is 18.4 Å². The van der Waals surface area contributed by atoms with Crippen LogP contribution >= 0.6 is 0 Å². The normalized spacial score (nSPS) is 20.6. The molecule has 18 heavy (non-hydrogen) atoms. The van der Waals surface area contributed by atoms with Gasteiger partial charge in [-0.2, -0.15) is 0 Å². The third-order valence-electron chi connectivity index (χ3n) is 3.67. The summed E-state index contributed by atoms with van der Waals surface area (Å²) in [4.78, 5) is 3.80. The number of halogens is 1. The zero-order valence-corrected chi connectivity index (χ0v) is 10.7. The molecule has 0 bridgehead atoms. The zero-order valence-electron chi connectivity index (χ0n) is 10.7. The van der Waals surface area contributed by atoms with Crippen LogP contribution in [0, 0.1) is 5.82 Å². The van der Waals surface area contributed by atoms with Crippen molar-refractivity contribution in [2.24, 2.45) is 0 Å². The van der Waals surface area contributed by atoms with Crippen molar-refractivity contribution in [3.8, 4) is 0 Å². The van der Waals surface area contributed by atoms with Crippen LogP contribution in [0.1, 0.15) is 50.7 Å². The predicted octanol–water partition coefficient (Wildman–Crippen LogP) is 2.99. The number of aliphatic hydroxyl groups is 1. The van der Waals surface area contributed by atoms with E-state index in [1.807, 2.05) is 6.92 Å². The fourth-order valence-electron chi connectivity index (χ4n) is 2.82. The molecule has 0 aliphatic heterocycles. The SMILES string of the molecule is CCOC1(C(O)c2cncc(F)c2)CCCCC1. The van der Waals surface area contributed by atoms with Gasteiger partial charge in [-0.05, 0) is 25.8 Å². The number of pyridine rings is 1. The first kappa shape index (κ1) is 13.4. The summed E-state index contributed by atoms with van der Waals surface area (Å²) in [6.45, 7) is 2.48. The smallest absolute Gasteiger partial charge is 0.141 e. The van der Waals surface area contributed by atoms with Gasteiger partial charge < -0.3 is 9.84 Å². The van der Waals surface area contributed by atoms with E-state index in [1.165, 1.54) is 18.7 Å². The van der Waals surface area contributed by atoms with Gasteiger partial charge in [-0.3, -0.25) is 4.98 Å². The number of nitrogens with zero attached hydrogens (tertiary/aromatic N) is 1. The standard InChI is InChI=1S/C14H20FNO2/c1-2-18-14(6-4-3-5-7-14)13(17)11-8-12(15)10-16-9-11/h8-10,13,17H,2-7H2,1H3. The van der Waals surface area contributed by atoms with E-state index < -0.39 is 17.5 Å². The topological polar surface area (TPSA) is 42.4 Å². The van der Waals surface area contributed by atoms with Crippen LogP contribution in [0.25, 0.3) is 0 Å². The first-order valence-corrected chi connectivity index (χ1v) is 6.60. The van der Waals surface area contributed by atoms with Crippen LogP contribution in [0.2, 0.25) is 0 Å². The summed E-state index contributed by atoms with van der Waals surface area (Å²) < 4.78 is 19.0. The van der Waals surface area contributed by atoms with Gasteiger partial charge in [0.15, 0.2) is 0 Å². The minimum atomic E-state index is -0.805. The van der Waals surface area contributed by atoms with Crippen LogP contribution in [0.5, 0.6) is 0 Å². The van der Waals surface area contributed by atoms with Gasteiger partial charge in [0.1, 0.15) is 11.9 Å². The molecule has 0 amide bonds. The second kappa shape index (κ2) is 5.76. The fraction of sp³-hybridized carbons (Fsp3) is 0.643. The Labute approximate surface area is 107 Å². The number of ether oxygens (including phenoxy) is 1. The molecule has 1 aromatic rings. The number of hydrogen-bond donors (Lipinski definition) is 1. The Morgan fingerprint density at radius 3 is 2.72 bits per heavy atom. The van der Waals surface area contributed by atoms with Gasteiger partial charge in [-0.25, -0.2) is 4.39 Å². The van der Waals surface area contributed by atoms with Crippen molar-refractivity contribution in [2.45, 2.75) is 50.7 Å². The predicted molar refractivity (Wildman–Crippen MR) is 66.6 cm³/mol. The lowest BCUT2D eigenvalue weighted by atomic mass is 9.78. The van der Waals surface area contributed by atoms with E-state index in [0.717, 1.165) is 31.9 Å². The summed E-state index contributed by atoms with van der Waals surface area (Å²) in [5.74, 6) is -0.422. The number of rotatable bonds is 4. The molecule has 1 aliphatic carbocycles. The largest absolute Gasteiger partial charge is 0.385 e. The van der Waals surface area contributed by atoms with Gasteiger partial charge in [-0.15, -0.1) is 0 Å². The fourth-order valence-corrected chi connectivity index (χ4v) is 2.82. The van der Waals surface area contributed by atoms with Crippen LogP contribution in [-0.2, 0) is 4.74 Å². The van der Waals surface area contributed by atoms with E-state index in [-0.39, 0.29) is 0 Å². The van der Waals surface area contributed by atoms with Gasteiger partial charge in [-0.1, -0.05) is 19.3 Å². The lowest BCUT2D eigenvalue weighted by Gasteiger charge is -2.40. The monoisotopic (exact) mass is 253 g/mol. The molecule has 1 aromatic heterocycles. The van der Waals surface area contributed by atoms with Gasteiger partial charge >= 0.3 is 0 Å². The molecule has 4 heteroatoms. The highest BCUT2D eigenvalue weighted by Gasteiger charge is 2.40. The van der Waals surface area contributed by atoms with Gasteiger partial charge in [0.25, 0.3) is 0 Å². The van der Waals surface area contributed by atoms with Crippen molar-refractivity contribution in [2.75, 3.05) is 6.61 Å². The van der Waals surface area contributed by atoms with Crippen LogP contribution in [0.4, 0.5) is 4.39 Å². The number of aliphatic hydroxyl groups excluding tert-OH is 1. The van der Waals surface area contributed by atoms with Crippen molar-refractivity contribution in [3.05, 3.63) is 29.8 Å². The molecular formula is C14H20FNO2.